The molecule has 2 rings (SSSR count). The van der Waals surface area contributed by atoms with Crippen LogP contribution in [-0.4, -0.2) is 48.3 Å². The van der Waals surface area contributed by atoms with Crippen LogP contribution < -0.4 is 0 Å². The van der Waals surface area contributed by atoms with Crippen LogP contribution in [0.1, 0.15) is 6.92 Å². The van der Waals surface area contributed by atoms with Crippen molar-refractivity contribution < 1.29 is 13.2 Å². The van der Waals surface area contributed by atoms with Crippen molar-refractivity contribution in [2.75, 3.05) is 19.7 Å². The van der Waals surface area contributed by atoms with Gasteiger partial charge in [0.2, 0.25) is 0 Å². The van der Waals surface area contributed by atoms with Gasteiger partial charge in [-0.25, -0.2) is 8.42 Å². The Morgan fingerprint density at radius 1 is 1.56 bits per heavy atom. The molecule has 1 aromatic rings. The second kappa shape index (κ2) is 4.15. The van der Waals surface area contributed by atoms with Crippen molar-refractivity contribution in [3.63, 3.8) is 0 Å². The van der Waals surface area contributed by atoms with E-state index >= 15 is 0 Å². The van der Waals surface area contributed by atoms with Crippen molar-refractivity contribution in [2.24, 2.45) is 7.05 Å². The molecule has 0 spiro atoms. The lowest BCUT2D eigenvalue weighted by Gasteiger charge is -2.37. The van der Waals surface area contributed by atoms with E-state index in [-0.39, 0.29) is 11.1 Å². The lowest BCUT2D eigenvalue weighted by Crippen LogP contribution is -2.54. The zero-order valence-corrected chi connectivity index (χ0v) is 10.1. The molecule has 0 aromatic carbocycles. The van der Waals surface area contributed by atoms with Gasteiger partial charge in [0.15, 0.2) is 5.03 Å². The molecular weight excluding hydrogens is 230 g/mol. The topological polar surface area (TPSA) is 64.4 Å². The molecule has 1 saturated heterocycles. The average molecular weight is 245 g/mol. The molecule has 6 nitrogen and oxygen atoms in total. The number of nitrogens with zero attached hydrogens (tertiary/aromatic N) is 3. The molecule has 90 valence electrons. The van der Waals surface area contributed by atoms with E-state index in [1.165, 1.54) is 21.3 Å². The van der Waals surface area contributed by atoms with Crippen LogP contribution in [0.25, 0.3) is 0 Å². The molecule has 0 radical (unpaired) electrons. The summed E-state index contributed by atoms with van der Waals surface area (Å²) < 4.78 is 32.2. The molecule has 2 heterocycles. The summed E-state index contributed by atoms with van der Waals surface area (Å²) in [5.74, 6) is 0. The molecule has 16 heavy (non-hydrogen) atoms. The van der Waals surface area contributed by atoms with E-state index in [9.17, 15) is 8.42 Å². The molecule has 0 amide bonds. The number of rotatable bonds is 4. The Labute approximate surface area is 94.9 Å². The first-order valence-electron chi connectivity index (χ1n) is 5.15. The van der Waals surface area contributed by atoms with Gasteiger partial charge in [-0.05, 0) is 13.0 Å². The van der Waals surface area contributed by atoms with Crippen LogP contribution >= 0.6 is 0 Å². The molecule has 1 aliphatic rings. The van der Waals surface area contributed by atoms with Crippen LogP contribution in [-0.2, 0) is 21.8 Å². The van der Waals surface area contributed by atoms with Crippen molar-refractivity contribution >= 4 is 10.0 Å². The largest absolute Gasteiger partial charge is 0.376 e. The van der Waals surface area contributed by atoms with Gasteiger partial charge >= 0.3 is 0 Å². The van der Waals surface area contributed by atoms with Gasteiger partial charge in [0.1, 0.15) is 0 Å². The third-order valence-corrected chi connectivity index (χ3v) is 4.50. The summed E-state index contributed by atoms with van der Waals surface area (Å²) >= 11 is 0. The van der Waals surface area contributed by atoms with Gasteiger partial charge in [-0.3, -0.25) is 4.68 Å². The van der Waals surface area contributed by atoms with Gasteiger partial charge < -0.3 is 4.74 Å². The molecule has 7 heteroatoms. The molecule has 1 aliphatic heterocycles. The zero-order valence-electron chi connectivity index (χ0n) is 9.33. The number of aromatic nitrogens is 2. The van der Waals surface area contributed by atoms with Crippen molar-refractivity contribution in [3.8, 4) is 0 Å². The van der Waals surface area contributed by atoms with Crippen LogP contribution in [0.3, 0.4) is 0 Å². The number of sulfonamides is 1. The SMILES string of the molecule is CCOC1CN(S(=O)(=O)c2ccnn2C)C1. The van der Waals surface area contributed by atoms with E-state index in [0.717, 1.165) is 0 Å². The Kier molecular flexibility index (Phi) is 3.00. The number of aryl methyl sites for hydroxylation is 1. The molecule has 0 aliphatic carbocycles. The highest BCUT2D eigenvalue weighted by Gasteiger charge is 2.38. The highest BCUT2D eigenvalue weighted by Crippen LogP contribution is 2.22. The minimum atomic E-state index is -3.39. The summed E-state index contributed by atoms with van der Waals surface area (Å²) in [6.07, 6.45) is 1.51. The summed E-state index contributed by atoms with van der Waals surface area (Å²) in [7, 11) is -1.77. The van der Waals surface area contributed by atoms with E-state index in [4.69, 9.17) is 4.74 Å². The minimum absolute atomic E-state index is 0.0352. The Hall–Kier alpha value is -0.920. The molecule has 0 bridgehead atoms. The van der Waals surface area contributed by atoms with Crippen molar-refractivity contribution in [2.45, 2.75) is 18.1 Å². The molecule has 0 N–H and O–H groups in total. The monoisotopic (exact) mass is 245 g/mol. The molecule has 1 fully saturated rings. The molecule has 1 aromatic heterocycles. The fourth-order valence-corrected chi connectivity index (χ4v) is 3.29. The molecular formula is C9H15N3O3S. The van der Waals surface area contributed by atoms with Crippen molar-refractivity contribution in [1.29, 1.82) is 0 Å². The summed E-state index contributed by atoms with van der Waals surface area (Å²) in [4.78, 5) is 0. The number of ether oxygens (including phenoxy) is 1. The smallest absolute Gasteiger partial charge is 0.260 e. The van der Waals surface area contributed by atoms with Gasteiger partial charge in [0.25, 0.3) is 10.0 Å². The first kappa shape index (κ1) is 11.6. The van der Waals surface area contributed by atoms with Crippen LogP contribution in [0.5, 0.6) is 0 Å². The lowest BCUT2D eigenvalue weighted by molar-refractivity contribution is -0.0137. The summed E-state index contributed by atoms with van der Waals surface area (Å²) in [5.41, 5.74) is 0. The first-order chi connectivity index (χ1) is 7.55. The molecule has 0 atom stereocenters. The van der Waals surface area contributed by atoms with Crippen LogP contribution in [0.4, 0.5) is 0 Å². The third-order valence-electron chi connectivity index (χ3n) is 2.60. The summed E-state index contributed by atoms with van der Waals surface area (Å²) in [6.45, 7) is 3.38. The van der Waals surface area contributed by atoms with Gasteiger partial charge in [0.05, 0.1) is 12.3 Å². The Balaban J connectivity index is 2.09. The number of hydrogen-bond acceptors (Lipinski definition) is 4. The fourth-order valence-electron chi connectivity index (χ4n) is 1.69. The van der Waals surface area contributed by atoms with E-state index in [1.54, 1.807) is 7.05 Å². The fraction of sp³-hybridized carbons (Fsp3) is 0.667. The predicted octanol–water partition coefficient (Wildman–Crippen LogP) is -0.170. The number of hydrogen-bond donors (Lipinski definition) is 0. The normalized spacial score (nSPS) is 18.6. The van der Waals surface area contributed by atoms with E-state index < -0.39 is 10.0 Å². The van der Waals surface area contributed by atoms with Crippen molar-refractivity contribution in [3.05, 3.63) is 12.3 Å². The average Bonchev–Trinajstić information content (AvgIpc) is 2.57. The van der Waals surface area contributed by atoms with Crippen molar-refractivity contribution in [1.82, 2.24) is 14.1 Å². The standard InChI is InChI=1S/C9H15N3O3S/c1-3-15-8-6-12(7-8)16(13,14)9-4-5-10-11(9)2/h4-5,8H,3,6-7H2,1-2H3. The lowest BCUT2D eigenvalue weighted by atomic mass is 10.2. The second-order valence-corrected chi connectivity index (χ2v) is 5.58. The van der Waals surface area contributed by atoms with E-state index in [2.05, 4.69) is 5.10 Å². The van der Waals surface area contributed by atoms with Crippen LogP contribution in [0.15, 0.2) is 17.3 Å². The minimum Gasteiger partial charge on any atom is -0.376 e. The maximum atomic E-state index is 12.1. The highest BCUT2D eigenvalue weighted by atomic mass is 32.2. The third kappa shape index (κ3) is 1.85. The van der Waals surface area contributed by atoms with Gasteiger partial charge in [-0.1, -0.05) is 0 Å². The molecule has 0 saturated carbocycles. The van der Waals surface area contributed by atoms with E-state index in [0.29, 0.717) is 19.7 Å². The zero-order chi connectivity index (χ0) is 11.8. The van der Waals surface area contributed by atoms with Gasteiger partial charge in [-0.2, -0.15) is 9.40 Å². The summed E-state index contributed by atoms with van der Waals surface area (Å²) in [6, 6.07) is 1.50. The molecule has 0 unspecified atom stereocenters. The maximum absolute atomic E-state index is 12.1. The van der Waals surface area contributed by atoms with Gasteiger partial charge in [-0.15, -0.1) is 0 Å². The Morgan fingerprint density at radius 3 is 2.75 bits per heavy atom. The van der Waals surface area contributed by atoms with Crippen LogP contribution in [0.2, 0.25) is 0 Å². The second-order valence-electron chi connectivity index (χ2n) is 3.69. The Bertz CT molecular complexity index is 462. The summed E-state index contributed by atoms with van der Waals surface area (Å²) in [5, 5.41) is 4.08. The predicted molar refractivity (Wildman–Crippen MR) is 57.4 cm³/mol. The van der Waals surface area contributed by atoms with Crippen LogP contribution in [0, 0.1) is 0 Å². The highest BCUT2D eigenvalue weighted by molar-refractivity contribution is 7.89. The first-order valence-corrected chi connectivity index (χ1v) is 6.59. The maximum Gasteiger partial charge on any atom is 0.260 e. The van der Waals surface area contributed by atoms with E-state index in [1.807, 2.05) is 6.92 Å². The van der Waals surface area contributed by atoms with Gasteiger partial charge in [0, 0.05) is 26.7 Å². The quantitative estimate of drug-likeness (QED) is 0.738. The Morgan fingerprint density at radius 2 is 2.25 bits per heavy atom.